The highest BCUT2D eigenvalue weighted by atomic mass is 32.1. The topological polar surface area (TPSA) is 76.2 Å². The number of fused-ring (bicyclic) bond motifs is 2. The molecule has 0 radical (unpaired) electrons. The largest absolute Gasteiger partial charge is 0.495 e. The number of hydrogen-bond donors (Lipinski definition) is 2. The SMILES string of the molecule is COc1c(C(=O)NCc2cccs2)ccc2[nH]nc(C=Cc3ccc4c(c3)CCO4)c12. The summed E-state index contributed by atoms with van der Waals surface area (Å²) in [6.07, 6.45) is 4.88. The molecule has 0 aliphatic carbocycles. The van der Waals surface area contributed by atoms with Crippen molar-refractivity contribution in [1.82, 2.24) is 15.5 Å². The number of aromatic nitrogens is 2. The Kier molecular flexibility index (Phi) is 5.18. The first-order chi connectivity index (χ1) is 15.2. The molecular formula is C24H21N3O3S. The van der Waals surface area contributed by atoms with E-state index in [2.05, 4.69) is 21.6 Å². The van der Waals surface area contributed by atoms with Gasteiger partial charge in [-0.2, -0.15) is 5.10 Å². The van der Waals surface area contributed by atoms with Crippen LogP contribution in [0, 0.1) is 0 Å². The zero-order chi connectivity index (χ0) is 21.2. The third-order valence-electron chi connectivity index (χ3n) is 5.31. The Hall–Kier alpha value is -3.58. The van der Waals surface area contributed by atoms with Crippen LogP contribution in [0.3, 0.4) is 0 Å². The molecule has 2 aromatic carbocycles. The van der Waals surface area contributed by atoms with E-state index in [0.29, 0.717) is 17.9 Å². The van der Waals surface area contributed by atoms with Crippen LogP contribution in [0.1, 0.15) is 32.1 Å². The molecule has 0 saturated heterocycles. The van der Waals surface area contributed by atoms with Crippen LogP contribution in [0.2, 0.25) is 0 Å². The highest BCUT2D eigenvalue weighted by Gasteiger charge is 2.19. The molecule has 0 spiro atoms. The molecule has 0 unspecified atom stereocenters. The summed E-state index contributed by atoms with van der Waals surface area (Å²) in [6.45, 7) is 1.22. The minimum absolute atomic E-state index is 0.179. The summed E-state index contributed by atoms with van der Waals surface area (Å²) in [4.78, 5) is 13.9. The summed E-state index contributed by atoms with van der Waals surface area (Å²) >= 11 is 1.61. The van der Waals surface area contributed by atoms with Gasteiger partial charge in [-0.15, -0.1) is 11.3 Å². The minimum Gasteiger partial charge on any atom is -0.495 e. The molecule has 0 fully saturated rings. The summed E-state index contributed by atoms with van der Waals surface area (Å²) in [7, 11) is 1.58. The second kappa shape index (κ2) is 8.28. The molecule has 1 amide bonds. The quantitative estimate of drug-likeness (QED) is 0.465. The fraction of sp³-hybridized carbons (Fsp3) is 0.167. The van der Waals surface area contributed by atoms with Gasteiger partial charge in [0.15, 0.2) is 0 Å². The lowest BCUT2D eigenvalue weighted by Gasteiger charge is -2.10. The summed E-state index contributed by atoms with van der Waals surface area (Å²) in [5.74, 6) is 1.29. The van der Waals surface area contributed by atoms with Gasteiger partial charge >= 0.3 is 0 Å². The number of ether oxygens (including phenoxy) is 2. The Labute approximate surface area is 183 Å². The van der Waals surface area contributed by atoms with Crippen molar-refractivity contribution in [1.29, 1.82) is 0 Å². The van der Waals surface area contributed by atoms with E-state index in [9.17, 15) is 4.79 Å². The number of carbonyl (C=O) groups excluding carboxylic acids is 1. The van der Waals surface area contributed by atoms with Crippen molar-refractivity contribution in [2.75, 3.05) is 13.7 Å². The van der Waals surface area contributed by atoms with Gasteiger partial charge in [0, 0.05) is 11.3 Å². The van der Waals surface area contributed by atoms with Crippen LogP contribution in [0.25, 0.3) is 23.1 Å². The van der Waals surface area contributed by atoms with Crippen molar-refractivity contribution in [3.05, 3.63) is 75.1 Å². The molecule has 2 N–H and O–H groups in total. The molecule has 0 saturated carbocycles. The summed E-state index contributed by atoms with van der Waals surface area (Å²) in [5, 5.41) is 13.2. The van der Waals surface area contributed by atoms with Crippen molar-refractivity contribution in [2.45, 2.75) is 13.0 Å². The summed E-state index contributed by atoms with van der Waals surface area (Å²) in [5.41, 5.74) is 4.31. The molecule has 6 nitrogen and oxygen atoms in total. The average Bonchev–Trinajstić information content (AvgIpc) is 3.55. The number of benzene rings is 2. The average molecular weight is 432 g/mol. The molecule has 0 atom stereocenters. The number of nitrogens with zero attached hydrogens (tertiary/aromatic N) is 1. The lowest BCUT2D eigenvalue weighted by Crippen LogP contribution is -2.22. The first kappa shape index (κ1) is 19.4. The van der Waals surface area contributed by atoms with Crippen molar-refractivity contribution < 1.29 is 14.3 Å². The number of methoxy groups -OCH3 is 1. The molecule has 1 aliphatic heterocycles. The maximum absolute atomic E-state index is 12.8. The van der Waals surface area contributed by atoms with Gasteiger partial charge in [0.1, 0.15) is 11.5 Å². The van der Waals surface area contributed by atoms with Gasteiger partial charge < -0.3 is 14.8 Å². The van der Waals surface area contributed by atoms with Crippen molar-refractivity contribution in [3.63, 3.8) is 0 Å². The molecule has 2 aromatic heterocycles. The Bertz CT molecular complexity index is 1270. The van der Waals surface area contributed by atoms with Crippen LogP contribution in [0.5, 0.6) is 11.5 Å². The van der Waals surface area contributed by atoms with Crippen molar-refractivity contribution in [3.8, 4) is 11.5 Å². The molecule has 7 heteroatoms. The van der Waals surface area contributed by atoms with Crippen molar-refractivity contribution >= 4 is 40.3 Å². The Morgan fingerprint density at radius 1 is 1.29 bits per heavy atom. The molecule has 3 heterocycles. The normalized spacial score (nSPS) is 12.8. The van der Waals surface area contributed by atoms with Gasteiger partial charge in [-0.3, -0.25) is 9.89 Å². The van der Waals surface area contributed by atoms with E-state index >= 15 is 0 Å². The standard InChI is InChI=1S/C24H21N3O3S/c1-29-23-18(24(28)25-14-17-3-2-12-31-17)6-8-20-22(23)19(26-27-20)7-4-15-5-9-21-16(13-15)10-11-30-21/h2-9,12-13H,10-11,14H2,1H3,(H,25,28)(H,26,27). The zero-order valence-corrected chi connectivity index (χ0v) is 17.8. The van der Waals surface area contributed by atoms with Crippen LogP contribution >= 0.6 is 11.3 Å². The monoisotopic (exact) mass is 431 g/mol. The number of amides is 1. The van der Waals surface area contributed by atoms with E-state index < -0.39 is 0 Å². The lowest BCUT2D eigenvalue weighted by molar-refractivity contribution is 0.0948. The number of thiophene rings is 1. The maximum Gasteiger partial charge on any atom is 0.255 e. The smallest absolute Gasteiger partial charge is 0.255 e. The third kappa shape index (κ3) is 3.80. The van der Waals surface area contributed by atoms with E-state index in [1.54, 1.807) is 24.5 Å². The second-order valence-electron chi connectivity index (χ2n) is 7.24. The molecule has 4 aromatic rings. The molecule has 156 valence electrons. The lowest BCUT2D eigenvalue weighted by atomic mass is 10.1. The zero-order valence-electron chi connectivity index (χ0n) is 17.0. The van der Waals surface area contributed by atoms with Gasteiger partial charge in [0.2, 0.25) is 0 Å². The number of rotatable bonds is 6. The van der Waals surface area contributed by atoms with Gasteiger partial charge in [-0.25, -0.2) is 0 Å². The van der Waals surface area contributed by atoms with E-state index in [1.807, 2.05) is 47.9 Å². The van der Waals surface area contributed by atoms with Crippen molar-refractivity contribution in [2.24, 2.45) is 0 Å². The Balaban J connectivity index is 1.45. The first-order valence-electron chi connectivity index (χ1n) is 10.0. The van der Waals surface area contributed by atoms with Crippen LogP contribution < -0.4 is 14.8 Å². The van der Waals surface area contributed by atoms with Gasteiger partial charge in [-0.1, -0.05) is 18.2 Å². The number of hydrogen-bond acceptors (Lipinski definition) is 5. The van der Waals surface area contributed by atoms with E-state index in [1.165, 1.54) is 5.56 Å². The highest BCUT2D eigenvalue weighted by Crippen LogP contribution is 2.33. The van der Waals surface area contributed by atoms with Crippen LogP contribution in [-0.2, 0) is 13.0 Å². The Morgan fingerprint density at radius 3 is 3.06 bits per heavy atom. The number of H-pyrrole nitrogens is 1. The van der Waals surface area contributed by atoms with Crippen LogP contribution in [0.4, 0.5) is 0 Å². The predicted octanol–water partition coefficient (Wildman–Crippen LogP) is 4.67. The van der Waals surface area contributed by atoms with Gasteiger partial charge in [0.05, 0.1) is 42.4 Å². The maximum atomic E-state index is 12.8. The molecular weight excluding hydrogens is 410 g/mol. The van der Waals surface area contributed by atoms with Crippen LogP contribution in [-0.4, -0.2) is 29.8 Å². The molecule has 5 rings (SSSR count). The fourth-order valence-electron chi connectivity index (χ4n) is 3.78. The summed E-state index contributed by atoms with van der Waals surface area (Å²) < 4.78 is 11.2. The number of nitrogens with one attached hydrogen (secondary N) is 2. The Morgan fingerprint density at radius 2 is 2.23 bits per heavy atom. The predicted molar refractivity (Wildman–Crippen MR) is 123 cm³/mol. The van der Waals surface area contributed by atoms with E-state index in [4.69, 9.17) is 9.47 Å². The molecule has 0 bridgehead atoms. The first-order valence-corrected chi connectivity index (χ1v) is 10.9. The van der Waals surface area contributed by atoms with Gasteiger partial charge in [0.25, 0.3) is 5.91 Å². The minimum atomic E-state index is -0.179. The third-order valence-corrected chi connectivity index (χ3v) is 6.19. The van der Waals surface area contributed by atoms with E-state index in [0.717, 1.165) is 45.8 Å². The number of carbonyl (C=O) groups is 1. The van der Waals surface area contributed by atoms with Crippen LogP contribution in [0.15, 0.2) is 47.8 Å². The molecule has 1 aliphatic rings. The van der Waals surface area contributed by atoms with Gasteiger partial charge in [-0.05, 0) is 52.9 Å². The van der Waals surface area contributed by atoms with E-state index in [-0.39, 0.29) is 5.91 Å². The highest BCUT2D eigenvalue weighted by molar-refractivity contribution is 7.09. The second-order valence-corrected chi connectivity index (χ2v) is 8.27. The number of aromatic amines is 1. The summed E-state index contributed by atoms with van der Waals surface area (Å²) in [6, 6.07) is 13.7. The molecule has 31 heavy (non-hydrogen) atoms. The fourth-order valence-corrected chi connectivity index (χ4v) is 4.42.